The summed E-state index contributed by atoms with van der Waals surface area (Å²) in [5.74, 6) is -4.04. The lowest BCUT2D eigenvalue weighted by atomic mass is 10.1. The average molecular weight is 368 g/mol. The van der Waals surface area contributed by atoms with Gasteiger partial charge in [-0.15, -0.1) is 0 Å². The molecule has 5 nitrogen and oxygen atoms in total. The summed E-state index contributed by atoms with van der Waals surface area (Å²) in [6, 6.07) is 11.5. The zero-order valence-electron chi connectivity index (χ0n) is 14.8. The molecule has 0 spiro atoms. The Hall–Kier alpha value is -3.22. The van der Waals surface area contributed by atoms with Gasteiger partial charge in [-0.3, -0.25) is 4.79 Å². The van der Waals surface area contributed by atoms with Crippen LogP contribution in [0.4, 0.5) is 14.5 Å². The van der Waals surface area contributed by atoms with Crippen molar-refractivity contribution in [3.63, 3.8) is 0 Å². The highest BCUT2D eigenvalue weighted by Crippen LogP contribution is 2.35. The Morgan fingerprint density at radius 2 is 1.93 bits per heavy atom. The molecule has 0 unspecified atom stereocenters. The second-order valence-corrected chi connectivity index (χ2v) is 6.79. The highest BCUT2D eigenvalue weighted by Gasteiger charge is 2.43. The third kappa shape index (κ3) is 2.95. The molecule has 0 bridgehead atoms. The Morgan fingerprint density at radius 1 is 1.15 bits per heavy atom. The van der Waals surface area contributed by atoms with E-state index in [1.54, 1.807) is 42.5 Å². The number of hydrogen-bond donors (Lipinski definition) is 3. The fourth-order valence-corrected chi connectivity index (χ4v) is 3.04. The normalized spacial score (nSPS) is 12.2. The fraction of sp³-hybridized carbons (Fsp3) is 0.200. The second kappa shape index (κ2) is 6.19. The Bertz CT molecular complexity index is 1140. The number of benzene rings is 2. The lowest BCUT2D eigenvalue weighted by Crippen LogP contribution is -2.32. The van der Waals surface area contributed by atoms with Gasteiger partial charge >= 0.3 is 5.92 Å². The largest absolute Gasteiger partial charge is 0.361 e. The number of halogens is 2. The predicted octanol–water partition coefficient (Wildman–Crippen LogP) is 4.90. The summed E-state index contributed by atoms with van der Waals surface area (Å²) in [5, 5.41) is 2.64. The van der Waals surface area contributed by atoms with Gasteiger partial charge in [-0.2, -0.15) is 8.78 Å². The van der Waals surface area contributed by atoms with Gasteiger partial charge in [0.1, 0.15) is 5.82 Å². The number of H-pyrrole nitrogens is 2. The molecule has 4 rings (SSSR count). The molecule has 0 aliphatic carbocycles. The number of rotatable bonds is 4. The smallest absolute Gasteiger partial charge is 0.352 e. The minimum atomic E-state index is -3.67. The van der Waals surface area contributed by atoms with Gasteiger partial charge in [0.15, 0.2) is 0 Å². The standard InChI is InChI=1S/C20H18F2N4O/c1-11(2)18-25-16-8-7-12(9-17(16)26-18)24-19(27)20(21,22)14-10-23-15-6-4-3-5-13(14)15/h3-11,23H,1-2H3,(H,24,27)(H,25,26). The minimum absolute atomic E-state index is 0.210. The van der Waals surface area contributed by atoms with Crippen LogP contribution in [0.2, 0.25) is 0 Å². The molecule has 138 valence electrons. The zero-order chi connectivity index (χ0) is 19.2. The summed E-state index contributed by atoms with van der Waals surface area (Å²) in [5.41, 5.74) is 1.90. The first-order valence-electron chi connectivity index (χ1n) is 8.62. The Balaban J connectivity index is 1.63. The highest BCUT2D eigenvalue weighted by molar-refractivity contribution is 6.01. The van der Waals surface area contributed by atoms with Gasteiger partial charge in [0.2, 0.25) is 0 Å². The number of para-hydroxylation sites is 1. The maximum Gasteiger partial charge on any atom is 0.352 e. The number of aromatic nitrogens is 3. The molecule has 27 heavy (non-hydrogen) atoms. The first-order chi connectivity index (χ1) is 12.9. The third-order valence-corrected chi connectivity index (χ3v) is 4.52. The highest BCUT2D eigenvalue weighted by atomic mass is 19.3. The molecule has 0 aliphatic rings. The monoisotopic (exact) mass is 368 g/mol. The Labute approximate surface area is 153 Å². The van der Waals surface area contributed by atoms with Crippen LogP contribution in [0, 0.1) is 0 Å². The number of anilines is 1. The number of amides is 1. The lowest BCUT2D eigenvalue weighted by molar-refractivity contribution is -0.140. The van der Waals surface area contributed by atoms with Gasteiger partial charge < -0.3 is 15.3 Å². The number of nitrogens with one attached hydrogen (secondary N) is 3. The van der Waals surface area contributed by atoms with Gasteiger partial charge in [0.25, 0.3) is 5.91 Å². The molecule has 0 aliphatic heterocycles. The number of nitrogens with zero attached hydrogens (tertiary/aromatic N) is 1. The van der Waals surface area contributed by atoms with E-state index in [0.717, 1.165) is 11.3 Å². The van der Waals surface area contributed by atoms with Crippen molar-refractivity contribution in [1.82, 2.24) is 15.0 Å². The number of imidazole rings is 1. The van der Waals surface area contributed by atoms with Crippen molar-refractivity contribution < 1.29 is 13.6 Å². The molecule has 0 fully saturated rings. The number of fused-ring (bicyclic) bond motifs is 2. The summed E-state index contributed by atoms with van der Waals surface area (Å²) in [6.45, 7) is 4.00. The molecule has 4 aromatic rings. The van der Waals surface area contributed by atoms with Gasteiger partial charge in [-0.1, -0.05) is 32.0 Å². The Kier molecular flexibility index (Phi) is 3.95. The topological polar surface area (TPSA) is 73.6 Å². The molecule has 2 aromatic carbocycles. The molecule has 0 saturated heterocycles. The molecule has 0 radical (unpaired) electrons. The van der Waals surface area contributed by atoms with E-state index in [2.05, 4.69) is 20.3 Å². The van der Waals surface area contributed by atoms with Crippen LogP contribution in [0.15, 0.2) is 48.7 Å². The van der Waals surface area contributed by atoms with Crippen molar-refractivity contribution in [2.45, 2.75) is 25.7 Å². The number of hydrogen-bond acceptors (Lipinski definition) is 2. The van der Waals surface area contributed by atoms with Crippen LogP contribution in [0.3, 0.4) is 0 Å². The molecule has 0 atom stereocenters. The van der Waals surface area contributed by atoms with Crippen molar-refractivity contribution in [2.75, 3.05) is 5.32 Å². The van der Waals surface area contributed by atoms with Gasteiger partial charge in [-0.25, -0.2) is 4.98 Å². The summed E-state index contributed by atoms with van der Waals surface area (Å²) in [4.78, 5) is 22.7. The number of carbonyl (C=O) groups excluding carboxylic acids is 1. The van der Waals surface area contributed by atoms with Crippen LogP contribution >= 0.6 is 0 Å². The molecule has 2 aromatic heterocycles. The van der Waals surface area contributed by atoms with Crippen LogP contribution in [0.1, 0.15) is 31.2 Å². The molecule has 3 N–H and O–H groups in total. The van der Waals surface area contributed by atoms with E-state index in [1.807, 2.05) is 13.8 Å². The Morgan fingerprint density at radius 3 is 2.70 bits per heavy atom. The fourth-order valence-electron chi connectivity index (χ4n) is 3.04. The van der Waals surface area contributed by atoms with E-state index < -0.39 is 11.8 Å². The van der Waals surface area contributed by atoms with Gasteiger partial charge in [0.05, 0.1) is 16.6 Å². The lowest BCUT2D eigenvalue weighted by Gasteiger charge is -2.15. The summed E-state index contributed by atoms with van der Waals surface area (Å²) < 4.78 is 29.5. The number of carbonyl (C=O) groups is 1. The third-order valence-electron chi connectivity index (χ3n) is 4.52. The van der Waals surface area contributed by atoms with E-state index in [9.17, 15) is 13.6 Å². The van der Waals surface area contributed by atoms with E-state index in [-0.39, 0.29) is 17.2 Å². The molecular weight excluding hydrogens is 350 g/mol. The van der Waals surface area contributed by atoms with E-state index in [1.165, 1.54) is 6.20 Å². The average Bonchev–Trinajstić information content (AvgIpc) is 3.25. The van der Waals surface area contributed by atoms with Crippen LogP contribution in [-0.4, -0.2) is 20.9 Å². The SMILES string of the molecule is CC(C)c1nc2ccc(NC(=O)C(F)(F)c3c[nH]c4ccccc34)cc2[nH]1. The van der Waals surface area contributed by atoms with Crippen molar-refractivity contribution in [3.8, 4) is 0 Å². The molecule has 2 heterocycles. The van der Waals surface area contributed by atoms with Crippen molar-refractivity contribution in [2.24, 2.45) is 0 Å². The van der Waals surface area contributed by atoms with Crippen molar-refractivity contribution >= 4 is 33.5 Å². The first kappa shape index (κ1) is 17.2. The van der Waals surface area contributed by atoms with Gasteiger partial charge in [0, 0.05) is 28.7 Å². The summed E-state index contributed by atoms with van der Waals surface area (Å²) in [6.07, 6.45) is 1.18. The van der Waals surface area contributed by atoms with Crippen molar-refractivity contribution in [3.05, 3.63) is 60.0 Å². The molecular formula is C20H18F2N4O. The van der Waals surface area contributed by atoms with E-state index >= 15 is 0 Å². The molecule has 7 heteroatoms. The summed E-state index contributed by atoms with van der Waals surface area (Å²) >= 11 is 0. The van der Waals surface area contributed by atoms with E-state index in [0.29, 0.717) is 16.4 Å². The quantitative estimate of drug-likeness (QED) is 0.479. The maximum atomic E-state index is 14.8. The molecule has 0 saturated carbocycles. The number of aromatic amines is 2. The van der Waals surface area contributed by atoms with Crippen LogP contribution in [0.5, 0.6) is 0 Å². The van der Waals surface area contributed by atoms with Crippen LogP contribution < -0.4 is 5.32 Å². The minimum Gasteiger partial charge on any atom is -0.361 e. The van der Waals surface area contributed by atoms with Crippen molar-refractivity contribution in [1.29, 1.82) is 0 Å². The molecule has 1 amide bonds. The summed E-state index contributed by atoms with van der Waals surface area (Å²) in [7, 11) is 0. The number of alkyl halides is 2. The first-order valence-corrected chi connectivity index (χ1v) is 8.62. The zero-order valence-corrected chi connectivity index (χ0v) is 14.8. The van der Waals surface area contributed by atoms with E-state index in [4.69, 9.17) is 0 Å². The van der Waals surface area contributed by atoms with Crippen LogP contribution in [0.25, 0.3) is 21.9 Å². The maximum absolute atomic E-state index is 14.8. The predicted molar refractivity (Wildman–Crippen MR) is 101 cm³/mol. The van der Waals surface area contributed by atoms with Gasteiger partial charge in [-0.05, 0) is 24.3 Å². The van der Waals surface area contributed by atoms with Crippen LogP contribution in [-0.2, 0) is 10.7 Å². The second-order valence-electron chi connectivity index (χ2n) is 6.79.